The highest BCUT2D eigenvalue weighted by Gasteiger charge is 2.31. The molecule has 0 aromatic heterocycles. The van der Waals surface area contributed by atoms with E-state index in [-0.39, 0.29) is 5.97 Å². The van der Waals surface area contributed by atoms with Crippen molar-refractivity contribution in [2.24, 2.45) is 11.8 Å². The number of methoxy groups -OCH3 is 1. The standard InChI is InChI=1S/C13H25NO3/c1-8-5-6-11(7-9(8)2)14-12(10(3)15)13(16)17-4/h8-12,14-15H,5-7H2,1-4H3/t8-,9+,10+,11+,12+/m0/s1. The normalized spacial score (nSPS) is 32.9. The molecule has 100 valence electrons. The quantitative estimate of drug-likeness (QED) is 0.731. The number of aliphatic hydroxyl groups excluding tert-OH is 1. The molecule has 0 bridgehead atoms. The van der Waals surface area contributed by atoms with Crippen molar-refractivity contribution in [2.75, 3.05) is 7.11 Å². The Morgan fingerprint density at radius 1 is 1.35 bits per heavy atom. The van der Waals surface area contributed by atoms with Crippen molar-refractivity contribution in [1.82, 2.24) is 5.32 Å². The summed E-state index contributed by atoms with van der Waals surface area (Å²) < 4.78 is 4.70. The summed E-state index contributed by atoms with van der Waals surface area (Å²) in [6.45, 7) is 6.13. The van der Waals surface area contributed by atoms with Crippen molar-refractivity contribution in [3.8, 4) is 0 Å². The lowest BCUT2D eigenvalue weighted by atomic mass is 9.79. The van der Waals surface area contributed by atoms with Gasteiger partial charge in [0.1, 0.15) is 6.04 Å². The average Bonchev–Trinajstić information content (AvgIpc) is 2.29. The minimum Gasteiger partial charge on any atom is -0.468 e. The van der Waals surface area contributed by atoms with Gasteiger partial charge in [0.15, 0.2) is 0 Å². The van der Waals surface area contributed by atoms with Crippen LogP contribution in [-0.4, -0.2) is 36.4 Å². The third kappa shape index (κ3) is 3.96. The van der Waals surface area contributed by atoms with E-state index in [9.17, 15) is 9.90 Å². The summed E-state index contributed by atoms with van der Waals surface area (Å²) in [5.41, 5.74) is 0. The van der Waals surface area contributed by atoms with Crippen LogP contribution in [-0.2, 0) is 9.53 Å². The van der Waals surface area contributed by atoms with E-state index in [4.69, 9.17) is 4.74 Å². The van der Waals surface area contributed by atoms with Crippen LogP contribution < -0.4 is 5.32 Å². The highest BCUT2D eigenvalue weighted by Crippen LogP contribution is 2.29. The lowest BCUT2D eigenvalue weighted by Gasteiger charge is -2.35. The smallest absolute Gasteiger partial charge is 0.325 e. The van der Waals surface area contributed by atoms with E-state index in [0.717, 1.165) is 18.8 Å². The van der Waals surface area contributed by atoms with E-state index >= 15 is 0 Å². The number of carbonyl (C=O) groups excluding carboxylic acids is 1. The summed E-state index contributed by atoms with van der Waals surface area (Å²) >= 11 is 0. The second-order valence-electron chi connectivity index (χ2n) is 5.37. The summed E-state index contributed by atoms with van der Waals surface area (Å²) in [5.74, 6) is 1.02. The van der Waals surface area contributed by atoms with Gasteiger partial charge in [0, 0.05) is 6.04 Å². The molecule has 17 heavy (non-hydrogen) atoms. The van der Waals surface area contributed by atoms with Gasteiger partial charge in [0.25, 0.3) is 0 Å². The Labute approximate surface area is 104 Å². The van der Waals surface area contributed by atoms with Crippen molar-refractivity contribution in [1.29, 1.82) is 0 Å². The number of nitrogens with one attached hydrogen (secondary N) is 1. The minimum atomic E-state index is -0.725. The molecule has 0 aliphatic heterocycles. The van der Waals surface area contributed by atoms with Crippen molar-refractivity contribution in [3.63, 3.8) is 0 Å². The fraction of sp³-hybridized carbons (Fsp3) is 0.923. The molecular formula is C13H25NO3. The summed E-state index contributed by atoms with van der Waals surface area (Å²) in [6, 6.07) is -0.300. The molecule has 0 unspecified atom stereocenters. The van der Waals surface area contributed by atoms with Crippen LogP contribution in [0, 0.1) is 11.8 Å². The number of hydrogen-bond donors (Lipinski definition) is 2. The van der Waals surface area contributed by atoms with Gasteiger partial charge in [-0.25, -0.2) is 0 Å². The van der Waals surface area contributed by atoms with Crippen molar-refractivity contribution < 1.29 is 14.6 Å². The zero-order valence-corrected chi connectivity index (χ0v) is 11.3. The van der Waals surface area contributed by atoms with Gasteiger partial charge in [-0.1, -0.05) is 13.8 Å². The van der Waals surface area contributed by atoms with E-state index in [1.54, 1.807) is 6.92 Å². The zero-order valence-electron chi connectivity index (χ0n) is 11.3. The molecule has 5 atom stereocenters. The Bertz CT molecular complexity index is 255. The predicted octanol–water partition coefficient (Wildman–Crippen LogP) is 1.32. The molecule has 2 N–H and O–H groups in total. The maximum atomic E-state index is 11.5. The number of rotatable bonds is 4. The van der Waals surface area contributed by atoms with E-state index < -0.39 is 12.1 Å². The first kappa shape index (κ1) is 14.5. The van der Waals surface area contributed by atoms with Crippen molar-refractivity contribution in [3.05, 3.63) is 0 Å². The number of esters is 1. The van der Waals surface area contributed by atoms with Crippen molar-refractivity contribution in [2.45, 2.75) is 58.2 Å². The van der Waals surface area contributed by atoms with Gasteiger partial charge in [-0.3, -0.25) is 10.1 Å². The Morgan fingerprint density at radius 2 is 2.00 bits per heavy atom. The number of carbonyl (C=O) groups is 1. The highest BCUT2D eigenvalue weighted by molar-refractivity contribution is 5.76. The molecule has 0 aromatic carbocycles. The number of ether oxygens (including phenoxy) is 1. The summed E-state index contributed by atoms with van der Waals surface area (Å²) in [4.78, 5) is 11.5. The second-order valence-corrected chi connectivity index (χ2v) is 5.37. The van der Waals surface area contributed by atoms with E-state index in [2.05, 4.69) is 19.2 Å². The third-order valence-electron chi connectivity index (χ3n) is 3.95. The molecule has 1 aliphatic rings. The van der Waals surface area contributed by atoms with E-state index in [1.807, 2.05) is 0 Å². The molecule has 0 radical (unpaired) electrons. The van der Waals surface area contributed by atoms with Crippen LogP contribution in [0.25, 0.3) is 0 Å². The summed E-state index contributed by atoms with van der Waals surface area (Å²) in [6.07, 6.45) is 2.57. The molecule has 0 heterocycles. The van der Waals surface area contributed by atoms with Crippen LogP contribution in [0.2, 0.25) is 0 Å². The molecule has 1 saturated carbocycles. The van der Waals surface area contributed by atoms with Gasteiger partial charge in [-0.05, 0) is 38.0 Å². The highest BCUT2D eigenvalue weighted by atomic mass is 16.5. The third-order valence-corrected chi connectivity index (χ3v) is 3.95. The largest absolute Gasteiger partial charge is 0.468 e. The molecule has 0 amide bonds. The van der Waals surface area contributed by atoms with Crippen LogP contribution in [0.3, 0.4) is 0 Å². The Kier molecular flexibility index (Phi) is 5.40. The lowest BCUT2D eigenvalue weighted by Crippen LogP contribution is -2.51. The molecule has 1 fully saturated rings. The topological polar surface area (TPSA) is 58.6 Å². The lowest BCUT2D eigenvalue weighted by molar-refractivity contribution is -0.146. The molecule has 0 spiro atoms. The average molecular weight is 243 g/mol. The maximum absolute atomic E-state index is 11.5. The van der Waals surface area contributed by atoms with Crippen molar-refractivity contribution >= 4 is 5.97 Å². The van der Waals surface area contributed by atoms with Gasteiger partial charge in [0.05, 0.1) is 13.2 Å². The molecule has 4 heteroatoms. The van der Waals surface area contributed by atoms with E-state index in [0.29, 0.717) is 12.0 Å². The first-order chi connectivity index (χ1) is 7.95. The number of hydrogen-bond acceptors (Lipinski definition) is 4. The van der Waals surface area contributed by atoms with Crippen LogP contribution in [0.4, 0.5) is 0 Å². The Hall–Kier alpha value is -0.610. The van der Waals surface area contributed by atoms with Gasteiger partial charge in [-0.2, -0.15) is 0 Å². The van der Waals surface area contributed by atoms with Crippen LogP contribution in [0.1, 0.15) is 40.0 Å². The van der Waals surface area contributed by atoms with Crippen LogP contribution in [0.15, 0.2) is 0 Å². The molecule has 0 aromatic rings. The summed E-state index contributed by atoms with van der Waals surface area (Å²) in [5, 5.41) is 12.8. The monoisotopic (exact) mass is 243 g/mol. The predicted molar refractivity (Wildman–Crippen MR) is 66.6 cm³/mol. The zero-order chi connectivity index (χ0) is 13.0. The van der Waals surface area contributed by atoms with Crippen LogP contribution in [0.5, 0.6) is 0 Å². The fourth-order valence-corrected chi connectivity index (χ4v) is 2.48. The first-order valence-corrected chi connectivity index (χ1v) is 6.47. The Balaban J connectivity index is 2.53. The molecule has 4 nitrogen and oxygen atoms in total. The van der Waals surface area contributed by atoms with E-state index in [1.165, 1.54) is 13.5 Å². The fourth-order valence-electron chi connectivity index (χ4n) is 2.48. The molecule has 1 aliphatic carbocycles. The number of aliphatic hydroxyl groups is 1. The maximum Gasteiger partial charge on any atom is 0.325 e. The Morgan fingerprint density at radius 3 is 2.47 bits per heavy atom. The second kappa shape index (κ2) is 6.36. The van der Waals surface area contributed by atoms with Gasteiger partial charge in [0.2, 0.25) is 0 Å². The van der Waals surface area contributed by atoms with Crippen LogP contribution >= 0.6 is 0 Å². The molecular weight excluding hydrogens is 218 g/mol. The molecule has 1 rings (SSSR count). The molecule has 0 saturated heterocycles. The van der Waals surface area contributed by atoms with Gasteiger partial charge >= 0.3 is 5.97 Å². The van der Waals surface area contributed by atoms with Gasteiger partial charge in [-0.15, -0.1) is 0 Å². The summed E-state index contributed by atoms with van der Waals surface area (Å²) in [7, 11) is 1.35. The SMILES string of the molecule is COC(=O)[C@H](N[C@@H]1CC[C@H](C)[C@H](C)C1)[C@@H](C)O. The minimum absolute atomic E-state index is 0.305. The first-order valence-electron chi connectivity index (χ1n) is 6.47. The van der Waals surface area contributed by atoms with Gasteiger partial charge < -0.3 is 9.84 Å².